The maximum Gasteiger partial charge on any atom is 0.317 e. The lowest BCUT2D eigenvalue weighted by Gasteiger charge is -2.38. The van der Waals surface area contributed by atoms with Crippen LogP contribution in [0, 0.1) is 16.2 Å². The zero-order chi connectivity index (χ0) is 18.4. The van der Waals surface area contributed by atoms with E-state index in [0.717, 1.165) is 32.1 Å². The number of hydrogen-bond acceptors (Lipinski definition) is 2. The Morgan fingerprint density at radius 2 is 1.62 bits per heavy atom. The monoisotopic (exact) mass is 332 g/mol. The lowest BCUT2D eigenvalue weighted by molar-refractivity contribution is -0.154. The van der Waals surface area contributed by atoms with Crippen molar-refractivity contribution in [1.29, 1.82) is 0 Å². The Morgan fingerprint density at radius 3 is 2.12 bits per heavy atom. The van der Waals surface area contributed by atoms with Crippen molar-refractivity contribution in [3.05, 3.63) is 36.1 Å². The third kappa shape index (κ3) is 5.09. The Balaban J connectivity index is 2.99. The van der Waals surface area contributed by atoms with E-state index in [9.17, 15) is 4.79 Å². The van der Waals surface area contributed by atoms with Crippen molar-refractivity contribution in [2.45, 2.75) is 80.6 Å². The largest absolute Gasteiger partial charge is 0.426 e. The van der Waals surface area contributed by atoms with Gasteiger partial charge < -0.3 is 4.74 Å². The number of carbonyl (C=O) groups excluding carboxylic acids is 1. The fraction of sp³-hybridized carbons (Fsp3) is 0.682. The molecule has 136 valence electrons. The van der Waals surface area contributed by atoms with Gasteiger partial charge >= 0.3 is 5.97 Å². The predicted octanol–water partition coefficient (Wildman–Crippen LogP) is 6.59. The van der Waals surface area contributed by atoms with Gasteiger partial charge in [-0.1, -0.05) is 79.5 Å². The maximum atomic E-state index is 13.1. The summed E-state index contributed by atoms with van der Waals surface area (Å²) in [5.41, 5.74) is -0.234. The molecule has 2 nitrogen and oxygen atoms in total. The Hall–Kier alpha value is -1.31. The van der Waals surface area contributed by atoms with Crippen LogP contribution in [0.2, 0.25) is 0 Å². The second kappa shape index (κ2) is 8.18. The molecule has 0 aromatic carbocycles. The Labute approximate surface area is 149 Å². The minimum atomic E-state index is -0.402. The molecule has 0 amide bonds. The van der Waals surface area contributed by atoms with Crippen LogP contribution in [0.5, 0.6) is 0 Å². The first-order chi connectivity index (χ1) is 11.2. The molecule has 0 unspecified atom stereocenters. The van der Waals surface area contributed by atoms with Crippen LogP contribution in [0.25, 0.3) is 0 Å². The van der Waals surface area contributed by atoms with Gasteiger partial charge in [0, 0.05) is 5.41 Å². The molecule has 0 heterocycles. The molecule has 24 heavy (non-hydrogen) atoms. The summed E-state index contributed by atoms with van der Waals surface area (Å²) in [6.07, 6.45) is 14.7. The van der Waals surface area contributed by atoms with Crippen LogP contribution < -0.4 is 0 Å². The van der Waals surface area contributed by atoms with E-state index in [1.807, 2.05) is 18.2 Å². The Bertz CT molecular complexity index is 512. The third-order valence-electron chi connectivity index (χ3n) is 5.93. The molecule has 1 rings (SSSR count). The summed E-state index contributed by atoms with van der Waals surface area (Å²) in [7, 11) is 0. The molecule has 0 aromatic heterocycles. The fourth-order valence-electron chi connectivity index (χ4n) is 3.26. The van der Waals surface area contributed by atoms with Gasteiger partial charge in [0.2, 0.25) is 0 Å². The third-order valence-corrected chi connectivity index (χ3v) is 5.93. The highest BCUT2D eigenvalue weighted by atomic mass is 16.5. The molecular formula is C22H36O2. The summed E-state index contributed by atoms with van der Waals surface area (Å²) in [5.74, 6) is 0.562. The van der Waals surface area contributed by atoms with Gasteiger partial charge in [-0.25, -0.2) is 0 Å². The molecule has 0 aromatic rings. The van der Waals surface area contributed by atoms with Gasteiger partial charge in [-0.15, -0.1) is 0 Å². The van der Waals surface area contributed by atoms with Crippen LogP contribution in [0.15, 0.2) is 36.1 Å². The van der Waals surface area contributed by atoms with E-state index in [4.69, 9.17) is 4.74 Å². The van der Waals surface area contributed by atoms with E-state index in [-0.39, 0.29) is 16.8 Å². The molecule has 0 saturated carbocycles. The number of hydrogen-bond donors (Lipinski definition) is 0. The van der Waals surface area contributed by atoms with Gasteiger partial charge in [0.1, 0.15) is 5.76 Å². The van der Waals surface area contributed by atoms with Gasteiger partial charge in [0.15, 0.2) is 0 Å². The van der Waals surface area contributed by atoms with Crippen LogP contribution in [0.4, 0.5) is 0 Å². The second-order valence-corrected chi connectivity index (χ2v) is 8.15. The molecule has 0 fully saturated rings. The molecule has 0 saturated heterocycles. The molecule has 1 aliphatic rings. The number of carbonyl (C=O) groups is 1. The first kappa shape index (κ1) is 20.7. The van der Waals surface area contributed by atoms with E-state index >= 15 is 0 Å². The van der Waals surface area contributed by atoms with Crippen molar-refractivity contribution in [3.8, 4) is 0 Å². The van der Waals surface area contributed by atoms with Gasteiger partial charge in [-0.2, -0.15) is 0 Å². The number of ether oxygens (including phenoxy) is 1. The van der Waals surface area contributed by atoms with Crippen molar-refractivity contribution >= 4 is 5.97 Å². The van der Waals surface area contributed by atoms with Crippen LogP contribution in [0.3, 0.4) is 0 Å². The van der Waals surface area contributed by atoms with Gasteiger partial charge in [-0.05, 0) is 36.8 Å². The fourth-order valence-corrected chi connectivity index (χ4v) is 3.26. The molecular weight excluding hydrogens is 296 g/mol. The van der Waals surface area contributed by atoms with E-state index in [1.165, 1.54) is 0 Å². The average molecular weight is 333 g/mol. The van der Waals surface area contributed by atoms with Crippen LogP contribution in [-0.4, -0.2) is 5.97 Å². The quantitative estimate of drug-likeness (QED) is 0.469. The first-order valence-corrected chi connectivity index (χ1v) is 9.47. The average Bonchev–Trinajstić information content (AvgIpc) is 2.73. The zero-order valence-electron chi connectivity index (χ0n) is 16.7. The Morgan fingerprint density at radius 1 is 1.04 bits per heavy atom. The maximum absolute atomic E-state index is 13.1. The van der Waals surface area contributed by atoms with Crippen molar-refractivity contribution in [2.75, 3.05) is 0 Å². The molecule has 2 heteroatoms. The number of esters is 1. The normalized spacial score (nSPS) is 17.4. The first-order valence-electron chi connectivity index (χ1n) is 9.47. The van der Waals surface area contributed by atoms with E-state index in [0.29, 0.717) is 5.76 Å². The van der Waals surface area contributed by atoms with Crippen molar-refractivity contribution < 1.29 is 9.53 Å². The smallest absolute Gasteiger partial charge is 0.317 e. The molecule has 0 atom stereocenters. The van der Waals surface area contributed by atoms with Crippen molar-refractivity contribution in [2.24, 2.45) is 16.2 Å². The highest BCUT2D eigenvalue weighted by Gasteiger charge is 2.42. The number of allylic oxidation sites excluding steroid dienone is 5. The summed E-state index contributed by atoms with van der Waals surface area (Å²) in [6.45, 7) is 15.2. The minimum absolute atomic E-state index is 0.0136. The standard InChI is InChI=1S/C22H36O2/c1-8-21(7,9-2)17-22(10-3,11-4)19(23)24-18-13-12-15-20(5,6)16-14-18/h12-16H,8-11,17H2,1-7H3. The molecule has 1 aliphatic carbocycles. The SMILES string of the molecule is CCC(C)(CC)CC(CC)(CC)C(=O)OC1=CC=CC(C)(C)C=C1. The van der Waals surface area contributed by atoms with Gasteiger partial charge in [0.05, 0.1) is 5.41 Å². The highest BCUT2D eigenvalue weighted by molar-refractivity contribution is 5.78. The van der Waals surface area contributed by atoms with E-state index in [1.54, 1.807) is 0 Å². The van der Waals surface area contributed by atoms with Crippen LogP contribution in [0.1, 0.15) is 80.6 Å². The molecule has 0 spiro atoms. The number of rotatable bonds is 8. The highest BCUT2D eigenvalue weighted by Crippen LogP contribution is 2.44. The summed E-state index contributed by atoms with van der Waals surface area (Å²) in [6, 6.07) is 0. The lowest BCUT2D eigenvalue weighted by atomic mass is 9.67. The topological polar surface area (TPSA) is 26.3 Å². The summed E-state index contributed by atoms with van der Waals surface area (Å²) < 4.78 is 5.83. The summed E-state index contributed by atoms with van der Waals surface area (Å²) >= 11 is 0. The molecule has 0 bridgehead atoms. The van der Waals surface area contributed by atoms with Crippen LogP contribution >= 0.6 is 0 Å². The van der Waals surface area contributed by atoms with E-state index in [2.05, 4.69) is 60.6 Å². The second-order valence-electron chi connectivity index (χ2n) is 8.15. The van der Waals surface area contributed by atoms with Crippen molar-refractivity contribution in [1.82, 2.24) is 0 Å². The van der Waals surface area contributed by atoms with Gasteiger partial charge in [-0.3, -0.25) is 4.79 Å². The summed E-state index contributed by atoms with van der Waals surface area (Å²) in [4.78, 5) is 13.1. The van der Waals surface area contributed by atoms with Crippen LogP contribution in [-0.2, 0) is 9.53 Å². The Kier molecular flexibility index (Phi) is 7.07. The molecule has 0 radical (unpaired) electrons. The predicted molar refractivity (Wildman–Crippen MR) is 103 cm³/mol. The zero-order valence-corrected chi connectivity index (χ0v) is 16.7. The van der Waals surface area contributed by atoms with Crippen molar-refractivity contribution in [3.63, 3.8) is 0 Å². The van der Waals surface area contributed by atoms with E-state index < -0.39 is 5.41 Å². The molecule has 0 N–H and O–H groups in total. The summed E-state index contributed by atoms with van der Waals surface area (Å²) in [5, 5.41) is 0. The molecule has 0 aliphatic heterocycles. The minimum Gasteiger partial charge on any atom is -0.426 e. The van der Waals surface area contributed by atoms with Gasteiger partial charge in [0.25, 0.3) is 0 Å². The lowest BCUT2D eigenvalue weighted by Crippen LogP contribution is -2.37.